The van der Waals surface area contributed by atoms with Crippen LogP contribution in [0, 0.1) is 0 Å². The van der Waals surface area contributed by atoms with E-state index in [4.69, 9.17) is 0 Å². The summed E-state index contributed by atoms with van der Waals surface area (Å²) in [6.07, 6.45) is 4.54. The highest BCUT2D eigenvalue weighted by atomic mass is 35.5. The van der Waals surface area contributed by atoms with Gasteiger partial charge in [0, 0.05) is 50.0 Å². The molecule has 1 aromatic heterocycles. The number of piperazine rings is 1. The van der Waals surface area contributed by atoms with E-state index in [0.29, 0.717) is 11.3 Å². The first-order valence-electron chi connectivity index (χ1n) is 12.6. The average Bonchev–Trinajstić information content (AvgIpc) is 3.32. The minimum Gasteiger partial charge on any atom is -0.367 e. The SMILES string of the molecule is CC1SC(C)(C)C(=O)N1CCCCN1CCN(c2cn(-c3ccccc3)c3ccccc23)CC1.Cl.Cl. The van der Waals surface area contributed by atoms with Crippen molar-refractivity contribution in [1.29, 1.82) is 0 Å². The van der Waals surface area contributed by atoms with Crippen LogP contribution in [0.2, 0.25) is 0 Å². The Kier molecular flexibility index (Phi) is 9.67. The average molecular weight is 550 g/mol. The zero-order chi connectivity index (χ0) is 23.7. The number of hydrogen-bond donors (Lipinski definition) is 0. The highest BCUT2D eigenvalue weighted by molar-refractivity contribution is 8.02. The van der Waals surface area contributed by atoms with Gasteiger partial charge in [-0.25, -0.2) is 0 Å². The topological polar surface area (TPSA) is 31.7 Å². The predicted molar refractivity (Wildman–Crippen MR) is 159 cm³/mol. The van der Waals surface area contributed by atoms with E-state index in [9.17, 15) is 4.79 Å². The second kappa shape index (κ2) is 12.1. The fraction of sp³-hybridized carbons (Fsp3) is 0.464. The van der Waals surface area contributed by atoms with E-state index in [1.54, 1.807) is 11.8 Å². The number of fused-ring (bicyclic) bond motifs is 1. The normalized spacial score (nSPS) is 19.9. The zero-order valence-corrected chi connectivity index (χ0v) is 23.9. The van der Waals surface area contributed by atoms with Crippen LogP contribution in [-0.2, 0) is 4.79 Å². The van der Waals surface area contributed by atoms with E-state index >= 15 is 0 Å². The molecule has 196 valence electrons. The van der Waals surface area contributed by atoms with Gasteiger partial charge in [-0.05, 0) is 58.4 Å². The molecule has 3 aromatic rings. The van der Waals surface area contributed by atoms with Crippen molar-refractivity contribution in [2.45, 2.75) is 43.7 Å². The van der Waals surface area contributed by atoms with Crippen LogP contribution in [0.3, 0.4) is 0 Å². The van der Waals surface area contributed by atoms with Crippen molar-refractivity contribution in [2.24, 2.45) is 0 Å². The maximum Gasteiger partial charge on any atom is 0.239 e. The molecule has 3 heterocycles. The van der Waals surface area contributed by atoms with Crippen molar-refractivity contribution in [3.63, 3.8) is 0 Å². The number of carbonyl (C=O) groups is 1. The van der Waals surface area contributed by atoms with Crippen molar-refractivity contribution in [3.8, 4) is 5.69 Å². The van der Waals surface area contributed by atoms with Crippen molar-refractivity contribution >= 4 is 59.1 Å². The third kappa shape index (κ3) is 5.83. The van der Waals surface area contributed by atoms with E-state index < -0.39 is 0 Å². The van der Waals surface area contributed by atoms with Crippen LogP contribution >= 0.6 is 36.6 Å². The molecule has 0 spiro atoms. The van der Waals surface area contributed by atoms with E-state index in [-0.39, 0.29) is 29.6 Å². The number of aromatic nitrogens is 1. The van der Waals surface area contributed by atoms with Crippen LogP contribution in [0.15, 0.2) is 60.8 Å². The first-order valence-corrected chi connectivity index (χ1v) is 13.4. The lowest BCUT2D eigenvalue weighted by Gasteiger charge is -2.36. The van der Waals surface area contributed by atoms with Crippen LogP contribution in [0.5, 0.6) is 0 Å². The molecule has 2 saturated heterocycles. The van der Waals surface area contributed by atoms with Crippen LogP contribution in [0.25, 0.3) is 16.6 Å². The van der Waals surface area contributed by atoms with Gasteiger partial charge in [0.2, 0.25) is 5.91 Å². The van der Waals surface area contributed by atoms with Gasteiger partial charge in [0.05, 0.1) is 21.3 Å². The van der Waals surface area contributed by atoms with Gasteiger partial charge in [0.25, 0.3) is 0 Å². The Morgan fingerprint density at radius 3 is 2.19 bits per heavy atom. The fourth-order valence-corrected chi connectivity index (χ4v) is 6.78. The Bertz CT molecular complexity index is 1140. The molecule has 5 nitrogen and oxygen atoms in total. The van der Waals surface area contributed by atoms with Gasteiger partial charge < -0.3 is 14.4 Å². The summed E-state index contributed by atoms with van der Waals surface area (Å²) in [5, 5.41) is 1.62. The molecule has 2 aliphatic rings. The molecule has 1 atom stereocenters. The number of nitrogens with zero attached hydrogens (tertiary/aromatic N) is 4. The minimum atomic E-state index is -0.265. The minimum absolute atomic E-state index is 0. The monoisotopic (exact) mass is 548 g/mol. The Hall–Kier alpha value is -1.86. The van der Waals surface area contributed by atoms with Gasteiger partial charge in [-0.1, -0.05) is 36.4 Å². The second-order valence-corrected chi connectivity index (χ2v) is 11.9. The molecule has 5 rings (SSSR count). The molecule has 0 bridgehead atoms. The molecule has 36 heavy (non-hydrogen) atoms. The summed E-state index contributed by atoms with van der Waals surface area (Å²) in [5.74, 6) is 0.299. The lowest BCUT2D eigenvalue weighted by Crippen LogP contribution is -2.46. The number of thioether (sulfide) groups is 1. The summed E-state index contributed by atoms with van der Waals surface area (Å²) in [6, 6.07) is 19.3. The van der Waals surface area contributed by atoms with Gasteiger partial charge in [-0.2, -0.15) is 0 Å². The second-order valence-electron chi connectivity index (χ2n) is 10.00. The van der Waals surface area contributed by atoms with Crippen LogP contribution in [0.4, 0.5) is 5.69 Å². The number of hydrogen-bond acceptors (Lipinski definition) is 4. The summed E-state index contributed by atoms with van der Waals surface area (Å²) in [7, 11) is 0. The third-order valence-electron chi connectivity index (χ3n) is 7.24. The number of anilines is 1. The molecule has 1 unspecified atom stereocenters. The summed E-state index contributed by atoms with van der Waals surface area (Å²) in [5.41, 5.74) is 3.80. The lowest BCUT2D eigenvalue weighted by atomic mass is 10.1. The third-order valence-corrected chi connectivity index (χ3v) is 8.60. The van der Waals surface area contributed by atoms with Crippen LogP contribution in [0.1, 0.15) is 33.6 Å². The largest absolute Gasteiger partial charge is 0.367 e. The van der Waals surface area contributed by atoms with E-state index in [2.05, 4.69) is 87.0 Å². The standard InChI is InChI=1S/C28H36N4OS.2ClH/c1-22-31(27(33)28(2,3)34-22)16-10-9-15-29-17-19-30(20-18-29)26-21-32(23-11-5-4-6-12-23)25-14-8-7-13-24(25)26;;/h4-8,11-14,21-22H,9-10,15-20H2,1-3H3;2*1H. The van der Waals surface area contributed by atoms with Crippen molar-refractivity contribution in [3.05, 3.63) is 60.8 Å². The summed E-state index contributed by atoms with van der Waals surface area (Å²) >= 11 is 1.78. The molecule has 8 heteroatoms. The Labute approximate surface area is 232 Å². The molecule has 2 aromatic carbocycles. The molecule has 0 N–H and O–H groups in total. The lowest BCUT2D eigenvalue weighted by molar-refractivity contribution is -0.131. The number of rotatable bonds is 7. The molecule has 2 aliphatic heterocycles. The summed E-state index contributed by atoms with van der Waals surface area (Å²) in [4.78, 5) is 19.8. The zero-order valence-electron chi connectivity index (χ0n) is 21.4. The quantitative estimate of drug-likeness (QED) is 0.335. The van der Waals surface area contributed by atoms with Crippen molar-refractivity contribution < 1.29 is 4.79 Å². The summed E-state index contributed by atoms with van der Waals surface area (Å²) < 4.78 is 2.05. The molecule has 1 amide bonds. The van der Waals surface area contributed by atoms with Gasteiger partial charge in [-0.3, -0.25) is 9.69 Å². The van der Waals surface area contributed by atoms with Gasteiger partial charge in [0.15, 0.2) is 0 Å². The molecule has 2 fully saturated rings. The van der Waals surface area contributed by atoms with Gasteiger partial charge in [-0.15, -0.1) is 36.6 Å². The van der Waals surface area contributed by atoms with Crippen molar-refractivity contribution in [2.75, 3.05) is 44.2 Å². The first-order chi connectivity index (χ1) is 16.4. The molecule has 0 saturated carbocycles. The van der Waals surface area contributed by atoms with Crippen LogP contribution in [-0.4, -0.2) is 69.7 Å². The number of amides is 1. The maximum atomic E-state index is 12.6. The first kappa shape index (κ1) is 28.7. The Balaban J connectivity index is 0.00000180. The van der Waals surface area contributed by atoms with Crippen molar-refractivity contribution in [1.82, 2.24) is 14.4 Å². The fourth-order valence-electron chi connectivity index (χ4n) is 5.38. The van der Waals surface area contributed by atoms with Crippen LogP contribution < -0.4 is 4.90 Å². The van der Waals surface area contributed by atoms with E-state index in [0.717, 1.165) is 52.1 Å². The van der Waals surface area contributed by atoms with E-state index in [1.165, 1.54) is 22.3 Å². The Morgan fingerprint density at radius 1 is 0.889 bits per heavy atom. The molecule has 0 radical (unpaired) electrons. The molecular weight excluding hydrogens is 511 g/mol. The highest BCUT2D eigenvalue weighted by Crippen LogP contribution is 2.40. The predicted octanol–water partition coefficient (Wildman–Crippen LogP) is 6.08. The number of benzene rings is 2. The number of unbranched alkanes of at least 4 members (excludes halogenated alkanes) is 1. The number of halogens is 2. The maximum absolute atomic E-state index is 12.6. The molecular formula is C28H38Cl2N4OS. The molecule has 0 aliphatic carbocycles. The number of para-hydroxylation sites is 2. The van der Waals surface area contributed by atoms with Gasteiger partial charge in [0.1, 0.15) is 0 Å². The number of carbonyl (C=O) groups excluding carboxylic acids is 1. The van der Waals surface area contributed by atoms with E-state index in [1.807, 2.05) is 13.8 Å². The van der Waals surface area contributed by atoms with Gasteiger partial charge >= 0.3 is 0 Å². The highest BCUT2D eigenvalue weighted by Gasteiger charge is 2.43. The summed E-state index contributed by atoms with van der Waals surface area (Å²) in [6.45, 7) is 12.5. The smallest absolute Gasteiger partial charge is 0.239 e. The Morgan fingerprint density at radius 2 is 1.53 bits per heavy atom.